The van der Waals surface area contributed by atoms with Crippen molar-refractivity contribution < 1.29 is 15.0 Å². The van der Waals surface area contributed by atoms with Crippen molar-refractivity contribution >= 4 is 40.1 Å². The zero-order valence-corrected chi connectivity index (χ0v) is 18.8. The van der Waals surface area contributed by atoms with Crippen LogP contribution in [0.2, 0.25) is 0 Å². The van der Waals surface area contributed by atoms with E-state index in [0.717, 1.165) is 16.7 Å². The number of nitrogens with two attached hydrogens (primary N) is 2. The molecule has 4 aromatic rings. The van der Waals surface area contributed by atoms with Crippen LogP contribution in [0.3, 0.4) is 0 Å². The summed E-state index contributed by atoms with van der Waals surface area (Å²) in [7, 11) is 0. The van der Waals surface area contributed by atoms with Gasteiger partial charge in [-0.1, -0.05) is 24.3 Å². The van der Waals surface area contributed by atoms with Gasteiger partial charge in [-0.2, -0.15) is 15.3 Å². The normalized spacial score (nSPS) is 11.3. The first kappa shape index (κ1) is 23.1. The highest BCUT2D eigenvalue weighted by molar-refractivity contribution is 5.91. The molecular weight excluding hydrogens is 444 g/mol. The molecule has 0 aromatic heterocycles. The molecule has 0 spiro atoms. The molecule has 0 unspecified atom stereocenters. The molecule has 6 N–H and O–H groups in total. The number of rotatable bonds is 6. The van der Waals surface area contributed by atoms with Crippen LogP contribution in [0.15, 0.2) is 99.3 Å². The fourth-order valence-electron chi connectivity index (χ4n) is 3.24. The van der Waals surface area contributed by atoms with E-state index in [2.05, 4.69) is 20.5 Å². The van der Waals surface area contributed by atoms with Crippen molar-refractivity contribution in [3.8, 4) is 16.9 Å². The van der Waals surface area contributed by atoms with Gasteiger partial charge >= 0.3 is 5.97 Å². The first-order valence-corrected chi connectivity index (χ1v) is 10.6. The van der Waals surface area contributed by atoms with Gasteiger partial charge in [-0.25, -0.2) is 4.79 Å². The van der Waals surface area contributed by atoms with Gasteiger partial charge in [0, 0.05) is 5.69 Å². The average Bonchev–Trinajstić information content (AvgIpc) is 2.85. The van der Waals surface area contributed by atoms with Crippen LogP contribution in [0.1, 0.15) is 15.9 Å². The zero-order chi connectivity index (χ0) is 24.9. The maximum Gasteiger partial charge on any atom is 0.339 e. The second-order valence-corrected chi connectivity index (χ2v) is 7.77. The Morgan fingerprint density at radius 1 is 0.686 bits per heavy atom. The Hall–Kier alpha value is -5.05. The maximum atomic E-state index is 11.1. The van der Waals surface area contributed by atoms with Crippen LogP contribution in [-0.4, -0.2) is 16.2 Å². The summed E-state index contributed by atoms with van der Waals surface area (Å²) in [5, 5.41) is 35.3. The number of aromatic hydroxyl groups is 1. The number of azo groups is 2. The summed E-state index contributed by atoms with van der Waals surface area (Å²) in [5.74, 6) is -1.56. The monoisotopic (exact) mass is 466 g/mol. The molecule has 0 aliphatic rings. The van der Waals surface area contributed by atoms with E-state index in [1.54, 1.807) is 24.3 Å². The Labute approximate surface area is 201 Å². The molecule has 35 heavy (non-hydrogen) atoms. The lowest BCUT2D eigenvalue weighted by atomic mass is 10.1. The predicted octanol–water partition coefficient (Wildman–Crippen LogP) is 7.06. The van der Waals surface area contributed by atoms with Crippen molar-refractivity contribution in [2.45, 2.75) is 6.92 Å². The molecule has 9 heteroatoms. The quantitative estimate of drug-likeness (QED) is 0.176. The molecule has 0 atom stereocenters. The summed E-state index contributed by atoms with van der Waals surface area (Å²) in [4.78, 5) is 11.1. The van der Waals surface area contributed by atoms with Crippen LogP contribution in [-0.2, 0) is 0 Å². The number of nitrogen functional groups attached to an aromatic ring is 2. The fraction of sp³-hybridized carbons (Fsp3) is 0.0385. The summed E-state index contributed by atoms with van der Waals surface area (Å²) in [5.41, 5.74) is 17.7. The number of carboxylic acid groups (broad SMARTS) is 1. The number of carbonyl (C=O) groups is 1. The molecular formula is C26H22N6O3. The third kappa shape index (κ3) is 5.48. The molecule has 0 aliphatic heterocycles. The Balaban J connectivity index is 1.45. The van der Waals surface area contributed by atoms with Gasteiger partial charge in [-0.15, -0.1) is 5.11 Å². The van der Waals surface area contributed by atoms with E-state index in [9.17, 15) is 9.90 Å². The van der Waals surface area contributed by atoms with Crippen molar-refractivity contribution in [3.63, 3.8) is 0 Å². The van der Waals surface area contributed by atoms with E-state index in [1.807, 2.05) is 43.3 Å². The number of phenols is 1. The minimum atomic E-state index is -1.24. The molecule has 0 bridgehead atoms. The lowest BCUT2D eigenvalue weighted by Gasteiger charge is -2.05. The number of nitrogens with zero attached hydrogens (tertiary/aromatic N) is 4. The van der Waals surface area contributed by atoms with Gasteiger partial charge in [-0.05, 0) is 78.2 Å². The molecule has 0 saturated heterocycles. The molecule has 0 fully saturated rings. The number of carboxylic acids is 1. The average molecular weight is 467 g/mol. The van der Waals surface area contributed by atoms with Crippen molar-refractivity contribution in [3.05, 3.63) is 90.0 Å². The van der Waals surface area contributed by atoms with Gasteiger partial charge in [-0.3, -0.25) is 0 Å². The van der Waals surface area contributed by atoms with Gasteiger partial charge in [0.2, 0.25) is 0 Å². The third-order valence-corrected chi connectivity index (χ3v) is 5.25. The van der Waals surface area contributed by atoms with E-state index < -0.39 is 5.97 Å². The van der Waals surface area contributed by atoms with E-state index >= 15 is 0 Å². The zero-order valence-electron chi connectivity index (χ0n) is 18.8. The summed E-state index contributed by atoms with van der Waals surface area (Å²) < 4.78 is 0. The van der Waals surface area contributed by atoms with E-state index in [1.165, 1.54) is 18.2 Å². The van der Waals surface area contributed by atoms with E-state index in [0.29, 0.717) is 34.1 Å². The standard InChI is InChI=1S/C26H22N6O3/c1-15-12-24(23(28)14-22(15)27)32-30-19-8-4-17(5-9-19)16-2-6-18(7-3-16)29-31-20-10-11-25(33)21(13-20)26(34)35/h2-14,33H,27-28H2,1H3,(H,34,35). The van der Waals surface area contributed by atoms with Crippen LogP contribution in [0.5, 0.6) is 5.75 Å². The van der Waals surface area contributed by atoms with Crippen molar-refractivity contribution in [1.82, 2.24) is 0 Å². The molecule has 0 aliphatic carbocycles. The smallest absolute Gasteiger partial charge is 0.339 e. The second-order valence-electron chi connectivity index (χ2n) is 7.77. The first-order valence-electron chi connectivity index (χ1n) is 10.6. The van der Waals surface area contributed by atoms with Crippen molar-refractivity contribution in [2.24, 2.45) is 20.5 Å². The van der Waals surface area contributed by atoms with Crippen LogP contribution in [0.4, 0.5) is 34.1 Å². The summed E-state index contributed by atoms with van der Waals surface area (Å²) in [6.07, 6.45) is 0. The predicted molar refractivity (Wildman–Crippen MR) is 135 cm³/mol. The van der Waals surface area contributed by atoms with Crippen LogP contribution < -0.4 is 11.5 Å². The van der Waals surface area contributed by atoms with Gasteiger partial charge in [0.15, 0.2) is 0 Å². The molecule has 0 amide bonds. The van der Waals surface area contributed by atoms with Crippen LogP contribution in [0, 0.1) is 6.92 Å². The summed E-state index contributed by atoms with van der Waals surface area (Å²) in [6, 6.07) is 22.5. The lowest BCUT2D eigenvalue weighted by molar-refractivity contribution is 0.0693. The Morgan fingerprint density at radius 3 is 1.77 bits per heavy atom. The topological polar surface area (TPSA) is 159 Å². The largest absolute Gasteiger partial charge is 0.507 e. The van der Waals surface area contributed by atoms with Crippen LogP contribution >= 0.6 is 0 Å². The van der Waals surface area contributed by atoms with Crippen molar-refractivity contribution in [2.75, 3.05) is 11.5 Å². The SMILES string of the molecule is Cc1cc(N=Nc2ccc(-c3ccc(N=Nc4ccc(O)c(C(=O)O)c4)cc3)cc2)c(N)cc1N. The third-order valence-electron chi connectivity index (χ3n) is 5.25. The Kier molecular flexibility index (Phi) is 6.50. The van der Waals surface area contributed by atoms with E-state index in [-0.39, 0.29) is 11.3 Å². The van der Waals surface area contributed by atoms with E-state index in [4.69, 9.17) is 16.6 Å². The molecule has 4 aromatic carbocycles. The molecule has 0 saturated carbocycles. The first-order chi connectivity index (χ1) is 16.8. The molecule has 4 rings (SSSR count). The van der Waals surface area contributed by atoms with Gasteiger partial charge in [0.1, 0.15) is 17.0 Å². The van der Waals surface area contributed by atoms with Gasteiger partial charge in [0.05, 0.1) is 22.7 Å². The number of hydrogen-bond acceptors (Lipinski definition) is 8. The lowest BCUT2D eigenvalue weighted by Crippen LogP contribution is -1.95. The fourth-order valence-corrected chi connectivity index (χ4v) is 3.24. The number of aromatic carboxylic acids is 1. The second kappa shape index (κ2) is 9.84. The number of hydrogen-bond donors (Lipinski definition) is 4. The molecule has 9 nitrogen and oxygen atoms in total. The molecule has 0 heterocycles. The maximum absolute atomic E-state index is 11.1. The van der Waals surface area contributed by atoms with Gasteiger partial charge < -0.3 is 21.7 Å². The van der Waals surface area contributed by atoms with Crippen LogP contribution in [0.25, 0.3) is 11.1 Å². The number of anilines is 2. The molecule has 174 valence electrons. The number of aryl methyl sites for hydroxylation is 1. The summed E-state index contributed by atoms with van der Waals surface area (Å²) in [6.45, 7) is 1.89. The number of benzene rings is 4. The molecule has 0 radical (unpaired) electrons. The Morgan fingerprint density at radius 2 is 1.20 bits per heavy atom. The minimum Gasteiger partial charge on any atom is -0.507 e. The minimum absolute atomic E-state index is 0.230. The summed E-state index contributed by atoms with van der Waals surface area (Å²) >= 11 is 0. The van der Waals surface area contributed by atoms with Gasteiger partial charge in [0.25, 0.3) is 0 Å². The highest BCUT2D eigenvalue weighted by Gasteiger charge is 2.10. The van der Waals surface area contributed by atoms with Crippen molar-refractivity contribution in [1.29, 1.82) is 0 Å². The highest BCUT2D eigenvalue weighted by atomic mass is 16.4. The highest BCUT2D eigenvalue weighted by Crippen LogP contribution is 2.31. The Bertz CT molecular complexity index is 1450.